The van der Waals surface area contributed by atoms with Crippen LogP contribution in [0.25, 0.3) is 0 Å². The summed E-state index contributed by atoms with van der Waals surface area (Å²) in [5.41, 5.74) is 3.17. The molecule has 0 unspecified atom stereocenters. The van der Waals surface area contributed by atoms with Crippen LogP contribution >= 0.6 is 0 Å². The predicted molar refractivity (Wildman–Crippen MR) is 111 cm³/mol. The van der Waals surface area contributed by atoms with Gasteiger partial charge in [0.05, 0.1) is 11.4 Å². The van der Waals surface area contributed by atoms with E-state index >= 15 is 0 Å². The van der Waals surface area contributed by atoms with Gasteiger partial charge in [-0.15, -0.1) is 0 Å². The second kappa shape index (κ2) is 13.6. The first-order valence-electron chi connectivity index (χ1n) is 7.65. The third-order valence-electron chi connectivity index (χ3n) is 2.79. The second-order valence-electron chi connectivity index (χ2n) is 4.45. The third kappa shape index (κ3) is 7.85. The Balaban J connectivity index is 5.89. The molecule has 0 saturated carbocycles. The first-order valence-corrected chi connectivity index (χ1v) is 7.65. The van der Waals surface area contributed by atoms with Gasteiger partial charge in [0.1, 0.15) is 0 Å². The minimum Gasteiger partial charge on any atom is -0.256 e. The summed E-state index contributed by atoms with van der Waals surface area (Å²) in [6, 6.07) is 0. The van der Waals surface area contributed by atoms with Gasteiger partial charge in [0.2, 0.25) is 0 Å². The zero-order chi connectivity index (χ0) is 18.2. The van der Waals surface area contributed by atoms with E-state index in [0.717, 1.165) is 16.9 Å². The van der Waals surface area contributed by atoms with Crippen molar-refractivity contribution in [3.8, 4) is 0 Å². The van der Waals surface area contributed by atoms with Crippen LogP contribution in [0.15, 0.2) is 121 Å². The first kappa shape index (κ1) is 21.0. The maximum Gasteiger partial charge on any atom is 0.0711 e. The largest absolute Gasteiger partial charge is 0.256 e. The van der Waals surface area contributed by atoms with Crippen LogP contribution in [0.1, 0.15) is 13.8 Å². The molecule has 0 aromatic carbocycles. The molecule has 0 radical (unpaired) electrons. The normalized spacial score (nSPS) is 14.6. The summed E-state index contributed by atoms with van der Waals surface area (Å²) in [4.78, 5) is 8.83. The van der Waals surface area contributed by atoms with Gasteiger partial charge < -0.3 is 0 Å². The smallest absolute Gasteiger partial charge is 0.0711 e. The first-order chi connectivity index (χ1) is 11.7. The van der Waals surface area contributed by atoms with E-state index in [2.05, 4.69) is 36.3 Å². The summed E-state index contributed by atoms with van der Waals surface area (Å²) in [6.45, 7) is 19.0. The molecule has 0 aromatic rings. The van der Waals surface area contributed by atoms with E-state index in [1.54, 1.807) is 42.8 Å². The van der Waals surface area contributed by atoms with E-state index in [4.69, 9.17) is 0 Å². The zero-order valence-electron chi connectivity index (χ0n) is 14.7. The molecule has 0 aliphatic heterocycles. The van der Waals surface area contributed by atoms with Gasteiger partial charge in [0, 0.05) is 18.0 Å². The van der Waals surface area contributed by atoms with Crippen LogP contribution in [0.4, 0.5) is 0 Å². The molecule has 0 rings (SSSR count). The predicted octanol–water partition coefficient (Wildman–Crippen LogP) is 6.09. The molecule has 0 aromatic heterocycles. The van der Waals surface area contributed by atoms with Gasteiger partial charge >= 0.3 is 0 Å². The van der Waals surface area contributed by atoms with Crippen molar-refractivity contribution in [2.75, 3.05) is 0 Å². The molecule has 0 amide bonds. The van der Waals surface area contributed by atoms with E-state index in [9.17, 15) is 0 Å². The van der Waals surface area contributed by atoms with Crippen LogP contribution in [0.2, 0.25) is 0 Å². The number of aliphatic imine (C=N–C) groups is 2. The van der Waals surface area contributed by atoms with Crippen molar-refractivity contribution >= 4 is 11.4 Å². The van der Waals surface area contributed by atoms with Crippen molar-refractivity contribution in [1.82, 2.24) is 0 Å². The topological polar surface area (TPSA) is 24.7 Å². The van der Waals surface area contributed by atoms with E-state index in [1.807, 2.05) is 44.2 Å². The Bertz CT molecular complexity index is 660. The Labute approximate surface area is 146 Å². The molecule has 2 nitrogen and oxygen atoms in total. The molecule has 0 fully saturated rings. The highest BCUT2D eigenvalue weighted by atomic mass is 14.7. The molecule has 0 N–H and O–H groups in total. The molecular formula is C22H26N2. The fourth-order valence-electron chi connectivity index (χ4n) is 1.64. The van der Waals surface area contributed by atoms with E-state index in [-0.39, 0.29) is 0 Å². The van der Waals surface area contributed by atoms with Crippen molar-refractivity contribution in [3.63, 3.8) is 0 Å². The summed E-state index contributed by atoms with van der Waals surface area (Å²) in [5, 5.41) is 0. The van der Waals surface area contributed by atoms with Crippen molar-refractivity contribution < 1.29 is 0 Å². The molecule has 0 bridgehead atoms. The van der Waals surface area contributed by atoms with Crippen LogP contribution in [0, 0.1) is 0 Å². The van der Waals surface area contributed by atoms with Crippen molar-refractivity contribution in [2.24, 2.45) is 9.98 Å². The summed E-state index contributed by atoms with van der Waals surface area (Å²) in [5.74, 6) is 0. The Morgan fingerprint density at radius 3 is 1.92 bits per heavy atom. The molecule has 0 heterocycles. The highest BCUT2D eigenvalue weighted by Gasteiger charge is 2.00. The van der Waals surface area contributed by atoms with Crippen LogP contribution in [-0.4, -0.2) is 11.4 Å². The van der Waals surface area contributed by atoms with Crippen molar-refractivity contribution in [1.29, 1.82) is 0 Å². The monoisotopic (exact) mass is 318 g/mol. The van der Waals surface area contributed by atoms with Gasteiger partial charge in [-0.05, 0) is 37.6 Å². The van der Waals surface area contributed by atoms with Crippen molar-refractivity contribution in [2.45, 2.75) is 13.8 Å². The van der Waals surface area contributed by atoms with Gasteiger partial charge in [0.15, 0.2) is 0 Å². The molecule has 0 aliphatic carbocycles. The Hall–Kier alpha value is -3.00. The highest BCUT2D eigenvalue weighted by molar-refractivity contribution is 6.12. The standard InChI is InChI=1S/C22H26N2/c1-7-13-16-20(15-9-3)22(12-6)24-18-19(10-4)21(11-5)23-17-14-8-2/h7-18H,2,4-6H2,1,3H3/b13-7-,15-9-,17-14-,19-18+,20-16+,23-21+,24-22+. The third-order valence-corrected chi connectivity index (χ3v) is 2.79. The molecule has 124 valence electrons. The number of rotatable bonds is 10. The lowest BCUT2D eigenvalue weighted by Gasteiger charge is -2.03. The lowest BCUT2D eigenvalue weighted by atomic mass is 10.1. The van der Waals surface area contributed by atoms with Gasteiger partial charge in [0.25, 0.3) is 0 Å². The number of allylic oxidation sites excluding steroid dienone is 12. The lowest BCUT2D eigenvalue weighted by molar-refractivity contribution is 1.48. The lowest BCUT2D eigenvalue weighted by Crippen LogP contribution is -1.98. The van der Waals surface area contributed by atoms with E-state index in [0.29, 0.717) is 5.71 Å². The summed E-state index contributed by atoms with van der Waals surface area (Å²) in [7, 11) is 0. The maximum absolute atomic E-state index is 4.52. The van der Waals surface area contributed by atoms with Crippen molar-refractivity contribution in [3.05, 3.63) is 111 Å². The maximum atomic E-state index is 4.52. The zero-order valence-corrected chi connectivity index (χ0v) is 14.7. The van der Waals surface area contributed by atoms with Gasteiger partial charge in [-0.2, -0.15) is 0 Å². The van der Waals surface area contributed by atoms with E-state index < -0.39 is 0 Å². The SMILES string of the molecule is C=C\C=C/N=C(C=C)/C(C=C)=C/N=C(\C=C)C(=C/C=C\C)/C=C\C. The number of hydrogen-bond donors (Lipinski definition) is 0. The van der Waals surface area contributed by atoms with E-state index in [1.165, 1.54) is 0 Å². The Morgan fingerprint density at radius 2 is 1.42 bits per heavy atom. The summed E-state index contributed by atoms with van der Waals surface area (Å²) < 4.78 is 0. The summed E-state index contributed by atoms with van der Waals surface area (Å²) >= 11 is 0. The Morgan fingerprint density at radius 1 is 0.750 bits per heavy atom. The average Bonchev–Trinajstić information content (AvgIpc) is 2.61. The molecule has 24 heavy (non-hydrogen) atoms. The summed E-state index contributed by atoms with van der Waals surface area (Å²) in [6.07, 6.45) is 21.7. The van der Waals surface area contributed by atoms with Crippen LogP contribution < -0.4 is 0 Å². The minimum atomic E-state index is 0.681. The fraction of sp³-hybridized carbons (Fsp3) is 0.0909. The van der Waals surface area contributed by atoms with Crippen LogP contribution in [-0.2, 0) is 0 Å². The van der Waals surface area contributed by atoms with Crippen LogP contribution in [0.5, 0.6) is 0 Å². The van der Waals surface area contributed by atoms with Gasteiger partial charge in [-0.1, -0.05) is 68.8 Å². The van der Waals surface area contributed by atoms with Gasteiger partial charge in [-0.25, -0.2) is 0 Å². The molecule has 2 heteroatoms. The second-order valence-corrected chi connectivity index (χ2v) is 4.45. The molecule has 0 saturated heterocycles. The highest BCUT2D eigenvalue weighted by Crippen LogP contribution is 2.08. The molecule has 0 spiro atoms. The Kier molecular flexibility index (Phi) is 11.9. The number of hydrogen-bond acceptors (Lipinski definition) is 2. The fourth-order valence-corrected chi connectivity index (χ4v) is 1.64. The quantitative estimate of drug-likeness (QED) is 0.344. The molecule has 0 aliphatic rings. The minimum absolute atomic E-state index is 0.681. The van der Waals surface area contributed by atoms with Crippen LogP contribution in [0.3, 0.4) is 0 Å². The average molecular weight is 318 g/mol. The van der Waals surface area contributed by atoms with Gasteiger partial charge in [-0.3, -0.25) is 9.98 Å². The molecular weight excluding hydrogens is 292 g/mol. The molecule has 0 atom stereocenters. The number of nitrogens with zero attached hydrogens (tertiary/aromatic N) is 2.